The number of esters is 1. The lowest BCUT2D eigenvalue weighted by atomic mass is 10.1. The van der Waals surface area contributed by atoms with Gasteiger partial charge >= 0.3 is 5.97 Å². The van der Waals surface area contributed by atoms with Gasteiger partial charge in [0.25, 0.3) is 15.9 Å². The predicted octanol–water partition coefficient (Wildman–Crippen LogP) is 3.24. The lowest BCUT2D eigenvalue weighted by molar-refractivity contribution is -0.138. The zero-order valence-electron chi connectivity index (χ0n) is 19.1. The molecule has 35 heavy (non-hydrogen) atoms. The van der Waals surface area contributed by atoms with Crippen molar-refractivity contribution in [3.05, 3.63) is 83.9 Å². The first-order valence-electron chi connectivity index (χ1n) is 10.7. The van der Waals surface area contributed by atoms with Gasteiger partial charge in [-0.15, -0.1) is 0 Å². The number of carbonyl (C=O) groups is 2. The Hall–Kier alpha value is -4.05. The maximum Gasteiger partial charge on any atom is 0.339 e. The highest BCUT2D eigenvalue weighted by Crippen LogP contribution is 2.32. The molecule has 4 rings (SSSR count). The van der Waals surface area contributed by atoms with E-state index in [2.05, 4.69) is 4.72 Å². The lowest BCUT2D eigenvalue weighted by Crippen LogP contribution is -2.31. The molecule has 1 heterocycles. The summed E-state index contributed by atoms with van der Waals surface area (Å²) in [6.45, 7) is 0.744. The highest BCUT2D eigenvalue weighted by molar-refractivity contribution is 7.92. The Balaban J connectivity index is 1.48. The third-order valence-electron chi connectivity index (χ3n) is 5.19. The molecule has 3 aromatic carbocycles. The van der Waals surface area contributed by atoms with Crippen LogP contribution >= 0.6 is 0 Å². The van der Waals surface area contributed by atoms with Crippen molar-refractivity contribution in [2.24, 2.45) is 0 Å². The normalized spacial score (nSPS) is 13.4. The first-order valence-corrected chi connectivity index (χ1v) is 12.2. The molecule has 10 heteroatoms. The number of sulfonamides is 1. The summed E-state index contributed by atoms with van der Waals surface area (Å²) >= 11 is 0. The largest absolute Gasteiger partial charge is 0.486 e. The molecular weight excluding hydrogens is 472 g/mol. The summed E-state index contributed by atoms with van der Waals surface area (Å²) in [5, 5.41) is 0. The molecule has 0 aromatic heterocycles. The lowest BCUT2D eigenvalue weighted by Gasteiger charge is -2.21. The Labute approximate surface area is 203 Å². The quantitative estimate of drug-likeness (QED) is 0.500. The molecule has 3 aromatic rings. The van der Waals surface area contributed by atoms with Crippen LogP contribution in [0.1, 0.15) is 22.0 Å². The minimum atomic E-state index is -3.91. The van der Waals surface area contributed by atoms with E-state index < -0.39 is 22.1 Å². The average molecular weight is 497 g/mol. The van der Waals surface area contributed by atoms with Crippen LogP contribution in [-0.4, -0.2) is 52.5 Å². The van der Waals surface area contributed by atoms with E-state index in [1.165, 1.54) is 41.3 Å². The summed E-state index contributed by atoms with van der Waals surface area (Å²) in [5.74, 6) is -0.249. The number of hydrogen-bond acceptors (Lipinski definition) is 7. The van der Waals surface area contributed by atoms with Crippen molar-refractivity contribution in [2.75, 3.05) is 32.0 Å². The standard InChI is InChI=1S/C25H24N2O7S/c1-27(2)24(28)23(17-6-4-3-5-7-17)34-25(29)18-8-10-19(11-9-18)26-35(30,31)20-12-13-21-22(16-20)33-15-14-32-21/h3-13,16,23,26H,14-15H2,1-2H3. The summed E-state index contributed by atoms with van der Waals surface area (Å²) in [5.41, 5.74) is 0.962. The second kappa shape index (κ2) is 10.1. The van der Waals surface area contributed by atoms with Crippen LogP contribution < -0.4 is 14.2 Å². The van der Waals surface area contributed by atoms with E-state index in [4.69, 9.17) is 14.2 Å². The van der Waals surface area contributed by atoms with Gasteiger partial charge in [-0.2, -0.15) is 0 Å². The molecule has 0 radical (unpaired) electrons. The number of ether oxygens (including phenoxy) is 3. The van der Waals surface area contributed by atoms with Gasteiger partial charge in [-0.1, -0.05) is 30.3 Å². The molecule has 1 N–H and O–H groups in total. The van der Waals surface area contributed by atoms with Crippen LogP contribution in [0.3, 0.4) is 0 Å². The van der Waals surface area contributed by atoms with E-state index in [0.717, 1.165) is 0 Å². The molecule has 182 valence electrons. The number of carbonyl (C=O) groups excluding carboxylic acids is 2. The van der Waals surface area contributed by atoms with Crippen molar-refractivity contribution in [1.82, 2.24) is 4.90 Å². The summed E-state index contributed by atoms with van der Waals surface area (Å²) in [6.07, 6.45) is -1.10. The third-order valence-corrected chi connectivity index (χ3v) is 6.57. The Bertz CT molecular complexity index is 1320. The Morgan fingerprint density at radius 3 is 2.23 bits per heavy atom. The first kappa shape index (κ1) is 24.1. The SMILES string of the molecule is CN(C)C(=O)C(OC(=O)c1ccc(NS(=O)(=O)c2ccc3c(c2)OCCO3)cc1)c1ccccc1. The third kappa shape index (κ3) is 5.55. The number of nitrogens with one attached hydrogen (secondary N) is 1. The summed E-state index contributed by atoms with van der Waals surface area (Å²) in [4.78, 5) is 26.7. The molecule has 0 aliphatic carbocycles. The number of rotatable bonds is 7. The Morgan fingerprint density at radius 2 is 1.57 bits per heavy atom. The molecule has 9 nitrogen and oxygen atoms in total. The number of anilines is 1. The van der Waals surface area contributed by atoms with Crippen LogP contribution in [0.25, 0.3) is 0 Å². The van der Waals surface area contributed by atoms with Gasteiger partial charge in [0.1, 0.15) is 13.2 Å². The second-order valence-corrected chi connectivity index (χ2v) is 9.60. The van der Waals surface area contributed by atoms with Crippen molar-refractivity contribution in [3.8, 4) is 11.5 Å². The van der Waals surface area contributed by atoms with Gasteiger partial charge in [-0.05, 0) is 36.4 Å². The van der Waals surface area contributed by atoms with E-state index in [1.54, 1.807) is 50.5 Å². The van der Waals surface area contributed by atoms with Gasteiger partial charge in [-0.25, -0.2) is 13.2 Å². The molecule has 1 amide bonds. The van der Waals surface area contributed by atoms with Crippen molar-refractivity contribution >= 4 is 27.6 Å². The van der Waals surface area contributed by atoms with Gasteiger partial charge < -0.3 is 19.1 Å². The van der Waals surface area contributed by atoms with Crippen molar-refractivity contribution in [2.45, 2.75) is 11.0 Å². The van der Waals surface area contributed by atoms with E-state index >= 15 is 0 Å². The van der Waals surface area contributed by atoms with Crippen molar-refractivity contribution < 1.29 is 32.2 Å². The highest BCUT2D eigenvalue weighted by Gasteiger charge is 2.27. The molecule has 0 bridgehead atoms. The zero-order valence-corrected chi connectivity index (χ0v) is 19.9. The molecule has 0 saturated heterocycles. The van der Waals surface area contributed by atoms with Crippen molar-refractivity contribution in [1.29, 1.82) is 0 Å². The fourth-order valence-electron chi connectivity index (χ4n) is 3.38. The van der Waals surface area contributed by atoms with Crippen LogP contribution in [0.5, 0.6) is 11.5 Å². The zero-order chi connectivity index (χ0) is 25.0. The smallest absolute Gasteiger partial charge is 0.339 e. The van der Waals surface area contributed by atoms with Gasteiger partial charge in [0, 0.05) is 31.4 Å². The van der Waals surface area contributed by atoms with Gasteiger partial charge in [0.05, 0.1) is 10.5 Å². The molecule has 0 saturated carbocycles. The van der Waals surface area contributed by atoms with Crippen molar-refractivity contribution in [3.63, 3.8) is 0 Å². The maximum atomic E-state index is 12.8. The molecular formula is C25H24N2O7S. The van der Waals surface area contributed by atoms with Gasteiger partial charge in [-0.3, -0.25) is 9.52 Å². The second-order valence-electron chi connectivity index (χ2n) is 7.92. The summed E-state index contributed by atoms with van der Waals surface area (Å²) in [6, 6.07) is 18.8. The fraction of sp³-hybridized carbons (Fsp3) is 0.200. The maximum absolute atomic E-state index is 12.8. The van der Waals surface area contributed by atoms with E-state index in [1.807, 2.05) is 0 Å². The minimum absolute atomic E-state index is 0.0122. The van der Waals surface area contributed by atoms with E-state index in [0.29, 0.717) is 30.3 Å². The molecule has 0 spiro atoms. The number of amides is 1. The average Bonchev–Trinajstić information content (AvgIpc) is 2.87. The number of benzene rings is 3. The van der Waals surface area contributed by atoms with Crippen LogP contribution in [0.15, 0.2) is 77.7 Å². The number of nitrogens with zero attached hydrogens (tertiary/aromatic N) is 1. The number of likely N-dealkylation sites (N-methyl/N-ethyl adjacent to an activating group) is 1. The minimum Gasteiger partial charge on any atom is -0.486 e. The fourth-order valence-corrected chi connectivity index (χ4v) is 4.45. The molecule has 0 fully saturated rings. The van der Waals surface area contributed by atoms with Gasteiger partial charge in [0.15, 0.2) is 11.5 Å². The first-order chi connectivity index (χ1) is 16.7. The Morgan fingerprint density at radius 1 is 0.914 bits per heavy atom. The molecule has 1 unspecified atom stereocenters. The van der Waals surface area contributed by atoms with Crippen LogP contribution in [-0.2, 0) is 19.6 Å². The molecule has 1 aliphatic heterocycles. The Kier molecular flexibility index (Phi) is 6.92. The van der Waals surface area contributed by atoms with Crippen LogP contribution in [0.2, 0.25) is 0 Å². The molecule has 1 atom stereocenters. The van der Waals surface area contributed by atoms with Gasteiger partial charge in [0.2, 0.25) is 6.10 Å². The summed E-state index contributed by atoms with van der Waals surface area (Å²) in [7, 11) is -0.751. The predicted molar refractivity (Wildman–Crippen MR) is 128 cm³/mol. The van der Waals surface area contributed by atoms with E-state index in [-0.39, 0.29) is 22.1 Å². The van der Waals surface area contributed by atoms with Crippen LogP contribution in [0, 0.1) is 0 Å². The number of hydrogen-bond donors (Lipinski definition) is 1. The number of fused-ring (bicyclic) bond motifs is 1. The highest BCUT2D eigenvalue weighted by atomic mass is 32.2. The summed E-state index contributed by atoms with van der Waals surface area (Å²) < 4.78 is 44.5. The van der Waals surface area contributed by atoms with Crippen LogP contribution in [0.4, 0.5) is 5.69 Å². The molecule has 1 aliphatic rings. The monoisotopic (exact) mass is 496 g/mol. The van der Waals surface area contributed by atoms with E-state index in [9.17, 15) is 18.0 Å². The topological polar surface area (TPSA) is 111 Å².